The third-order valence-electron chi connectivity index (χ3n) is 4.72. The highest BCUT2D eigenvalue weighted by atomic mass is 16.5. The van der Waals surface area contributed by atoms with E-state index in [4.69, 9.17) is 4.74 Å². The van der Waals surface area contributed by atoms with Crippen LogP contribution in [0.25, 0.3) is 10.8 Å². The summed E-state index contributed by atoms with van der Waals surface area (Å²) in [5, 5.41) is 5.05. The summed E-state index contributed by atoms with van der Waals surface area (Å²) in [7, 11) is 0. The molecule has 0 aliphatic rings. The molecule has 0 aliphatic carbocycles. The number of ether oxygens (including phenoxy) is 1. The lowest BCUT2D eigenvalue weighted by Crippen LogP contribution is -2.23. The number of rotatable bonds is 7. The minimum Gasteiger partial charge on any atom is -0.483 e. The van der Waals surface area contributed by atoms with E-state index in [2.05, 4.69) is 30.1 Å². The fourth-order valence-electron chi connectivity index (χ4n) is 3.22. The molecule has 27 heavy (non-hydrogen) atoms. The monoisotopic (exact) mass is 362 g/mol. The summed E-state index contributed by atoms with van der Waals surface area (Å²) < 4.78 is 5.77. The van der Waals surface area contributed by atoms with Crippen LogP contribution in [0.2, 0.25) is 0 Å². The number of hydrogen-bond donors (Lipinski definition) is 1. The lowest BCUT2D eigenvalue weighted by molar-refractivity contribution is -0.118. The van der Waals surface area contributed by atoms with Crippen LogP contribution in [0.15, 0.2) is 60.7 Å². The van der Waals surface area contributed by atoms with E-state index in [1.807, 2.05) is 61.5 Å². The Hall–Kier alpha value is -3.01. The summed E-state index contributed by atoms with van der Waals surface area (Å²) >= 11 is 0. The third kappa shape index (κ3) is 4.40. The van der Waals surface area contributed by atoms with Gasteiger partial charge in [0.1, 0.15) is 5.75 Å². The van der Waals surface area contributed by atoms with E-state index in [9.17, 15) is 4.79 Å². The number of nitrogens with one attached hydrogen (secondary N) is 1. The van der Waals surface area contributed by atoms with Crippen LogP contribution in [-0.2, 0) is 4.79 Å². The van der Waals surface area contributed by atoms with Gasteiger partial charge < -0.3 is 15.0 Å². The number of benzene rings is 3. The molecule has 0 saturated carbocycles. The van der Waals surface area contributed by atoms with Crippen LogP contribution in [0.4, 0.5) is 11.4 Å². The summed E-state index contributed by atoms with van der Waals surface area (Å²) in [6.07, 6.45) is 0. The van der Waals surface area contributed by atoms with Gasteiger partial charge in [-0.15, -0.1) is 0 Å². The summed E-state index contributed by atoms with van der Waals surface area (Å²) in [5.41, 5.74) is 3.03. The number of hydrogen-bond acceptors (Lipinski definition) is 3. The van der Waals surface area contributed by atoms with Crippen molar-refractivity contribution in [1.29, 1.82) is 0 Å². The fraction of sp³-hybridized carbons (Fsp3) is 0.261. The Kier molecular flexibility index (Phi) is 5.97. The van der Waals surface area contributed by atoms with Gasteiger partial charge in [0.05, 0.1) is 0 Å². The molecular formula is C23H26N2O2. The molecule has 0 saturated heterocycles. The van der Waals surface area contributed by atoms with Crippen molar-refractivity contribution in [3.63, 3.8) is 0 Å². The van der Waals surface area contributed by atoms with Gasteiger partial charge in [-0.25, -0.2) is 0 Å². The maximum absolute atomic E-state index is 12.4. The smallest absolute Gasteiger partial charge is 0.262 e. The molecule has 1 N–H and O–H groups in total. The number of amides is 1. The van der Waals surface area contributed by atoms with Crippen LogP contribution in [0.1, 0.15) is 19.4 Å². The van der Waals surface area contributed by atoms with E-state index in [1.165, 1.54) is 5.69 Å². The molecular weight excluding hydrogens is 336 g/mol. The first kappa shape index (κ1) is 18.8. The van der Waals surface area contributed by atoms with Crippen molar-refractivity contribution in [1.82, 2.24) is 0 Å². The largest absolute Gasteiger partial charge is 0.483 e. The molecule has 0 fully saturated rings. The van der Waals surface area contributed by atoms with Crippen LogP contribution in [-0.4, -0.2) is 25.6 Å². The Bertz CT molecular complexity index is 927. The van der Waals surface area contributed by atoms with Gasteiger partial charge in [-0.05, 0) is 56.0 Å². The molecule has 0 atom stereocenters. The van der Waals surface area contributed by atoms with E-state index in [-0.39, 0.29) is 12.5 Å². The molecule has 0 radical (unpaired) electrons. The average molecular weight is 362 g/mol. The van der Waals surface area contributed by atoms with Gasteiger partial charge in [0.25, 0.3) is 5.91 Å². The highest BCUT2D eigenvalue weighted by Crippen LogP contribution is 2.25. The van der Waals surface area contributed by atoms with Crippen molar-refractivity contribution in [3.05, 3.63) is 66.2 Å². The second-order valence-corrected chi connectivity index (χ2v) is 6.49. The summed E-state index contributed by atoms with van der Waals surface area (Å²) in [6.45, 7) is 8.18. The number of fused-ring (bicyclic) bond motifs is 1. The Labute approximate surface area is 160 Å². The molecule has 0 unspecified atom stereocenters. The van der Waals surface area contributed by atoms with Crippen molar-refractivity contribution in [2.75, 3.05) is 29.9 Å². The Balaban J connectivity index is 1.65. The average Bonchev–Trinajstić information content (AvgIpc) is 2.69. The number of anilines is 2. The van der Waals surface area contributed by atoms with E-state index in [0.29, 0.717) is 0 Å². The molecule has 140 valence electrons. The topological polar surface area (TPSA) is 41.6 Å². The van der Waals surface area contributed by atoms with Gasteiger partial charge in [0.2, 0.25) is 0 Å². The van der Waals surface area contributed by atoms with E-state index in [0.717, 1.165) is 40.9 Å². The first-order chi connectivity index (χ1) is 13.1. The van der Waals surface area contributed by atoms with Crippen LogP contribution >= 0.6 is 0 Å². The van der Waals surface area contributed by atoms with Crippen molar-refractivity contribution >= 4 is 28.1 Å². The summed E-state index contributed by atoms with van der Waals surface area (Å²) in [6, 6.07) is 19.9. The number of nitrogens with zero attached hydrogens (tertiary/aromatic N) is 1. The third-order valence-corrected chi connectivity index (χ3v) is 4.72. The fourth-order valence-corrected chi connectivity index (χ4v) is 3.22. The zero-order valence-electron chi connectivity index (χ0n) is 16.2. The second kappa shape index (κ2) is 8.58. The Morgan fingerprint density at radius 2 is 1.74 bits per heavy atom. The lowest BCUT2D eigenvalue weighted by atomic mass is 10.1. The SMILES string of the molecule is CCN(CC)c1ccc(NC(=O)COc2cccc3ccccc23)c(C)c1. The standard InChI is InChI=1S/C23H26N2O2/c1-4-25(5-2)19-13-14-21(17(3)15-19)24-23(26)16-27-22-12-8-10-18-9-6-7-11-20(18)22/h6-15H,4-5,16H2,1-3H3,(H,24,26). The van der Waals surface area contributed by atoms with Crippen molar-refractivity contribution in [3.8, 4) is 5.75 Å². The zero-order chi connectivity index (χ0) is 19.2. The molecule has 0 spiro atoms. The van der Waals surface area contributed by atoms with Crippen LogP contribution < -0.4 is 15.0 Å². The molecule has 0 bridgehead atoms. The predicted molar refractivity (Wildman–Crippen MR) is 113 cm³/mol. The first-order valence-electron chi connectivity index (χ1n) is 9.38. The minimum atomic E-state index is -0.165. The van der Waals surface area contributed by atoms with Crippen LogP contribution in [0, 0.1) is 6.92 Å². The quantitative estimate of drug-likeness (QED) is 0.642. The van der Waals surface area contributed by atoms with Crippen LogP contribution in [0.5, 0.6) is 5.75 Å². The summed E-state index contributed by atoms with van der Waals surface area (Å²) in [5.74, 6) is 0.554. The van der Waals surface area contributed by atoms with Gasteiger partial charge in [0, 0.05) is 29.9 Å². The first-order valence-corrected chi connectivity index (χ1v) is 9.38. The number of carbonyl (C=O) groups excluding carboxylic acids is 1. The van der Waals surface area contributed by atoms with Crippen molar-refractivity contribution < 1.29 is 9.53 Å². The second-order valence-electron chi connectivity index (χ2n) is 6.49. The predicted octanol–water partition coefficient (Wildman–Crippen LogP) is 5.01. The molecule has 4 heteroatoms. The zero-order valence-corrected chi connectivity index (χ0v) is 16.2. The molecule has 0 heterocycles. The molecule has 3 aromatic carbocycles. The van der Waals surface area contributed by atoms with Gasteiger partial charge in [-0.2, -0.15) is 0 Å². The van der Waals surface area contributed by atoms with E-state index < -0.39 is 0 Å². The van der Waals surface area contributed by atoms with E-state index in [1.54, 1.807) is 0 Å². The molecule has 3 rings (SSSR count). The van der Waals surface area contributed by atoms with Gasteiger partial charge in [0.15, 0.2) is 6.61 Å². The highest BCUT2D eigenvalue weighted by molar-refractivity contribution is 5.93. The van der Waals surface area contributed by atoms with Crippen LogP contribution in [0.3, 0.4) is 0 Å². The highest BCUT2D eigenvalue weighted by Gasteiger charge is 2.09. The molecule has 0 aromatic heterocycles. The van der Waals surface area contributed by atoms with Gasteiger partial charge >= 0.3 is 0 Å². The Morgan fingerprint density at radius 3 is 2.48 bits per heavy atom. The molecule has 4 nitrogen and oxygen atoms in total. The van der Waals surface area contributed by atoms with Crippen molar-refractivity contribution in [2.45, 2.75) is 20.8 Å². The minimum absolute atomic E-state index is 0.0226. The maximum Gasteiger partial charge on any atom is 0.262 e. The molecule has 0 aliphatic heterocycles. The number of aryl methyl sites for hydroxylation is 1. The van der Waals surface area contributed by atoms with Gasteiger partial charge in [-0.3, -0.25) is 4.79 Å². The molecule has 3 aromatic rings. The van der Waals surface area contributed by atoms with Gasteiger partial charge in [-0.1, -0.05) is 36.4 Å². The summed E-state index contributed by atoms with van der Waals surface area (Å²) in [4.78, 5) is 14.6. The lowest BCUT2D eigenvalue weighted by Gasteiger charge is -2.22. The number of carbonyl (C=O) groups is 1. The molecule has 1 amide bonds. The Morgan fingerprint density at radius 1 is 1.00 bits per heavy atom. The van der Waals surface area contributed by atoms with E-state index >= 15 is 0 Å². The van der Waals surface area contributed by atoms with Crippen molar-refractivity contribution in [2.24, 2.45) is 0 Å². The normalized spacial score (nSPS) is 10.6. The maximum atomic E-state index is 12.4.